The van der Waals surface area contributed by atoms with Gasteiger partial charge in [-0.05, 0) is 31.5 Å². The average Bonchev–Trinajstić information content (AvgIpc) is 2.40. The van der Waals surface area contributed by atoms with Crippen molar-refractivity contribution in [2.75, 3.05) is 5.32 Å². The van der Waals surface area contributed by atoms with E-state index in [-0.39, 0.29) is 5.69 Å². The number of nitro groups is 1. The van der Waals surface area contributed by atoms with Gasteiger partial charge >= 0.3 is 0 Å². The Balaban J connectivity index is 2.23. The summed E-state index contributed by atoms with van der Waals surface area (Å²) in [4.78, 5) is 10.2. The first-order chi connectivity index (χ1) is 9.88. The highest BCUT2D eigenvalue weighted by Crippen LogP contribution is 2.26. The van der Waals surface area contributed by atoms with Crippen LogP contribution >= 0.6 is 0 Å². The van der Waals surface area contributed by atoms with Crippen LogP contribution in [-0.4, -0.2) is 4.92 Å². The molecule has 1 atom stereocenters. The molecule has 0 aliphatic carbocycles. The molecule has 0 spiro atoms. The summed E-state index contributed by atoms with van der Waals surface area (Å²) in [7, 11) is 0. The van der Waals surface area contributed by atoms with E-state index in [1.54, 1.807) is 19.9 Å². The number of non-ortho nitro benzene ring substituents is 1. The van der Waals surface area contributed by atoms with Gasteiger partial charge in [0.25, 0.3) is 5.69 Å². The summed E-state index contributed by atoms with van der Waals surface area (Å²) in [6, 6.07) is 7.40. The van der Waals surface area contributed by atoms with Crippen molar-refractivity contribution in [3.05, 3.63) is 69.3 Å². The van der Waals surface area contributed by atoms with Crippen LogP contribution in [0.25, 0.3) is 0 Å². The van der Waals surface area contributed by atoms with Crippen LogP contribution in [-0.2, 0) is 0 Å². The highest BCUT2D eigenvalue weighted by atomic mass is 19.1. The van der Waals surface area contributed by atoms with Gasteiger partial charge in [-0.1, -0.05) is 6.07 Å². The van der Waals surface area contributed by atoms with Gasteiger partial charge in [-0.25, -0.2) is 8.78 Å². The first kappa shape index (κ1) is 14.9. The van der Waals surface area contributed by atoms with E-state index in [1.807, 2.05) is 0 Å². The average molecular weight is 292 g/mol. The molecule has 0 aliphatic heterocycles. The SMILES string of the molecule is Cc1cc([N+](=O)[O-])ccc1NC(C)c1ccc(F)cc1F. The molecule has 0 saturated heterocycles. The van der Waals surface area contributed by atoms with Crippen LogP contribution in [0.3, 0.4) is 0 Å². The van der Waals surface area contributed by atoms with Crippen molar-refractivity contribution in [2.24, 2.45) is 0 Å². The molecule has 4 nitrogen and oxygen atoms in total. The second kappa shape index (κ2) is 5.87. The summed E-state index contributed by atoms with van der Waals surface area (Å²) in [5.74, 6) is -1.26. The summed E-state index contributed by atoms with van der Waals surface area (Å²) in [6.45, 7) is 3.46. The largest absolute Gasteiger partial charge is 0.378 e. The lowest BCUT2D eigenvalue weighted by molar-refractivity contribution is -0.384. The molecule has 2 aromatic rings. The summed E-state index contributed by atoms with van der Waals surface area (Å²) < 4.78 is 26.6. The molecule has 0 aliphatic rings. The van der Waals surface area contributed by atoms with Crippen LogP contribution in [0.15, 0.2) is 36.4 Å². The second-order valence-electron chi connectivity index (χ2n) is 4.79. The van der Waals surface area contributed by atoms with Crippen molar-refractivity contribution in [3.63, 3.8) is 0 Å². The van der Waals surface area contributed by atoms with E-state index in [2.05, 4.69) is 5.32 Å². The quantitative estimate of drug-likeness (QED) is 0.673. The minimum Gasteiger partial charge on any atom is -0.378 e. The van der Waals surface area contributed by atoms with E-state index < -0.39 is 22.6 Å². The highest BCUT2D eigenvalue weighted by molar-refractivity contribution is 5.56. The lowest BCUT2D eigenvalue weighted by Crippen LogP contribution is -2.10. The van der Waals surface area contributed by atoms with Gasteiger partial charge in [0.1, 0.15) is 11.6 Å². The molecular weight excluding hydrogens is 278 g/mol. The number of hydrogen-bond acceptors (Lipinski definition) is 3. The number of aryl methyl sites for hydroxylation is 1. The highest BCUT2D eigenvalue weighted by Gasteiger charge is 2.14. The molecule has 1 unspecified atom stereocenters. The van der Waals surface area contributed by atoms with Gasteiger partial charge in [0, 0.05) is 29.4 Å². The van der Waals surface area contributed by atoms with E-state index in [0.717, 1.165) is 6.07 Å². The van der Waals surface area contributed by atoms with Crippen molar-refractivity contribution in [2.45, 2.75) is 19.9 Å². The van der Waals surface area contributed by atoms with Crippen LogP contribution in [0, 0.1) is 28.7 Å². The molecule has 0 fully saturated rings. The van der Waals surface area contributed by atoms with Crippen molar-refractivity contribution in [1.29, 1.82) is 0 Å². The third-order valence-corrected chi connectivity index (χ3v) is 3.22. The van der Waals surface area contributed by atoms with Crippen LogP contribution in [0.4, 0.5) is 20.2 Å². The molecule has 110 valence electrons. The molecule has 0 saturated carbocycles. The lowest BCUT2D eigenvalue weighted by atomic mass is 10.1. The fraction of sp³-hybridized carbons (Fsp3) is 0.200. The minimum absolute atomic E-state index is 0.00124. The Morgan fingerprint density at radius 1 is 1.19 bits per heavy atom. The fourth-order valence-electron chi connectivity index (χ4n) is 2.09. The van der Waals surface area contributed by atoms with E-state index >= 15 is 0 Å². The maximum absolute atomic E-state index is 13.7. The number of halogens is 2. The third-order valence-electron chi connectivity index (χ3n) is 3.22. The second-order valence-corrected chi connectivity index (χ2v) is 4.79. The van der Waals surface area contributed by atoms with Gasteiger partial charge in [-0.15, -0.1) is 0 Å². The Kier molecular flexibility index (Phi) is 4.16. The molecule has 0 radical (unpaired) electrons. The van der Waals surface area contributed by atoms with Crippen molar-refractivity contribution in [1.82, 2.24) is 0 Å². The summed E-state index contributed by atoms with van der Waals surface area (Å²) in [5, 5.41) is 13.8. The fourth-order valence-corrected chi connectivity index (χ4v) is 2.09. The zero-order valence-corrected chi connectivity index (χ0v) is 11.6. The number of hydrogen-bond donors (Lipinski definition) is 1. The van der Waals surface area contributed by atoms with E-state index in [4.69, 9.17) is 0 Å². The van der Waals surface area contributed by atoms with Gasteiger partial charge in [0.15, 0.2) is 0 Å². The maximum Gasteiger partial charge on any atom is 0.269 e. The molecule has 2 aromatic carbocycles. The summed E-state index contributed by atoms with van der Waals surface area (Å²) in [5.41, 5.74) is 1.67. The number of rotatable bonds is 4. The van der Waals surface area contributed by atoms with Crippen LogP contribution in [0.1, 0.15) is 24.1 Å². The molecule has 6 heteroatoms. The number of nitrogens with one attached hydrogen (secondary N) is 1. The van der Waals surface area contributed by atoms with Crippen molar-refractivity contribution >= 4 is 11.4 Å². The molecule has 21 heavy (non-hydrogen) atoms. The molecule has 1 N–H and O–H groups in total. The molecule has 0 heterocycles. The van der Waals surface area contributed by atoms with Gasteiger partial charge in [-0.2, -0.15) is 0 Å². The van der Waals surface area contributed by atoms with Crippen molar-refractivity contribution < 1.29 is 13.7 Å². The van der Waals surface area contributed by atoms with Gasteiger partial charge in [0.05, 0.1) is 11.0 Å². The van der Waals surface area contributed by atoms with Crippen LogP contribution in [0.2, 0.25) is 0 Å². The zero-order valence-electron chi connectivity index (χ0n) is 11.6. The van der Waals surface area contributed by atoms with Crippen LogP contribution in [0.5, 0.6) is 0 Å². The monoisotopic (exact) mass is 292 g/mol. The Morgan fingerprint density at radius 2 is 1.90 bits per heavy atom. The van der Waals surface area contributed by atoms with Crippen molar-refractivity contribution in [3.8, 4) is 0 Å². The van der Waals surface area contributed by atoms with Gasteiger partial charge < -0.3 is 5.32 Å². The lowest BCUT2D eigenvalue weighted by Gasteiger charge is -2.18. The predicted octanol–water partition coefficient (Wildman–Crippen LogP) is 4.35. The van der Waals surface area contributed by atoms with Gasteiger partial charge in [0.2, 0.25) is 0 Å². The number of nitro benzene ring substituents is 1. The Bertz CT molecular complexity index is 689. The molecule has 0 amide bonds. The summed E-state index contributed by atoms with van der Waals surface area (Å²) in [6.07, 6.45) is 0. The third kappa shape index (κ3) is 3.34. The minimum atomic E-state index is -0.630. The molecule has 0 bridgehead atoms. The maximum atomic E-state index is 13.7. The predicted molar refractivity (Wildman–Crippen MR) is 76.2 cm³/mol. The van der Waals surface area contributed by atoms with Gasteiger partial charge in [-0.3, -0.25) is 10.1 Å². The smallest absolute Gasteiger partial charge is 0.269 e. The number of benzene rings is 2. The van der Waals surface area contributed by atoms with Crippen LogP contribution < -0.4 is 5.32 Å². The standard InChI is InChI=1S/C15H14F2N2O2/c1-9-7-12(19(20)21)4-6-15(9)18-10(2)13-5-3-11(16)8-14(13)17/h3-8,10,18H,1-2H3. The molecule has 0 aromatic heterocycles. The normalized spacial score (nSPS) is 12.0. The summed E-state index contributed by atoms with van der Waals surface area (Å²) >= 11 is 0. The first-order valence-electron chi connectivity index (χ1n) is 6.35. The number of nitrogens with zero attached hydrogens (tertiary/aromatic N) is 1. The molecular formula is C15H14F2N2O2. The topological polar surface area (TPSA) is 55.2 Å². The molecule has 2 rings (SSSR count). The zero-order chi connectivity index (χ0) is 15.6. The first-order valence-corrected chi connectivity index (χ1v) is 6.35. The van der Waals surface area contributed by atoms with E-state index in [0.29, 0.717) is 16.8 Å². The number of anilines is 1. The van der Waals surface area contributed by atoms with E-state index in [9.17, 15) is 18.9 Å². The van der Waals surface area contributed by atoms with E-state index in [1.165, 1.54) is 24.3 Å². The Labute approximate surface area is 120 Å². The Morgan fingerprint density at radius 3 is 2.48 bits per heavy atom. The Hall–Kier alpha value is -2.50.